The summed E-state index contributed by atoms with van der Waals surface area (Å²) in [7, 11) is 1.15. The van der Waals surface area contributed by atoms with Crippen molar-refractivity contribution >= 4 is 5.97 Å². The van der Waals surface area contributed by atoms with Crippen LogP contribution in [0.3, 0.4) is 0 Å². The normalized spacial score (nSPS) is 11.6. The second kappa shape index (κ2) is 5.76. The van der Waals surface area contributed by atoms with E-state index in [2.05, 4.69) is 9.72 Å². The number of rotatable bonds is 3. The average Bonchev–Trinajstić information content (AvgIpc) is 2.09. The van der Waals surface area contributed by atoms with Crippen molar-refractivity contribution in [2.24, 2.45) is 0 Å². The predicted octanol–water partition coefficient (Wildman–Crippen LogP) is -3.34. The van der Waals surface area contributed by atoms with Crippen LogP contribution in [0.15, 0.2) is 18.3 Å². The number of carbonyl (C=O) groups is 1. The van der Waals surface area contributed by atoms with Gasteiger partial charge in [-0.1, -0.05) is 0 Å². The zero-order valence-corrected chi connectivity index (χ0v) is 7.86. The molecular formula is C8H7FLiNO3. The van der Waals surface area contributed by atoms with Gasteiger partial charge in [-0.05, 0) is 12.1 Å². The molecule has 1 aromatic heterocycles. The van der Waals surface area contributed by atoms with Gasteiger partial charge in [0.2, 0.25) is 0 Å². The molecule has 4 nitrogen and oxygen atoms in total. The van der Waals surface area contributed by atoms with Crippen LogP contribution in [0.1, 0.15) is 11.8 Å². The fourth-order valence-electron chi connectivity index (χ4n) is 0.910. The molecule has 0 aromatic carbocycles. The van der Waals surface area contributed by atoms with E-state index in [0.717, 1.165) is 13.2 Å². The summed E-state index contributed by atoms with van der Waals surface area (Å²) in [6.07, 6.45) is -0.172. The van der Waals surface area contributed by atoms with Gasteiger partial charge in [-0.3, -0.25) is 4.98 Å². The van der Waals surface area contributed by atoms with E-state index in [4.69, 9.17) is 0 Å². The summed E-state index contributed by atoms with van der Waals surface area (Å²) in [5.74, 6) is -2.24. The molecule has 0 N–H and O–H groups in total. The topological polar surface area (TPSA) is 62.2 Å². The third kappa shape index (κ3) is 2.81. The Morgan fingerprint density at radius 2 is 2.36 bits per heavy atom. The Bertz CT molecular complexity index is 321. The van der Waals surface area contributed by atoms with Crippen LogP contribution in [0.2, 0.25) is 0 Å². The Kier molecular flexibility index (Phi) is 5.39. The first kappa shape index (κ1) is 13.1. The average molecular weight is 191 g/mol. The molecule has 1 rings (SSSR count). The van der Waals surface area contributed by atoms with Gasteiger partial charge in [-0.15, -0.1) is 0 Å². The summed E-state index contributed by atoms with van der Waals surface area (Å²) in [5, 5.41) is 10.4. The van der Waals surface area contributed by atoms with E-state index in [1.807, 2.05) is 0 Å². The molecule has 0 spiro atoms. The van der Waals surface area contributed by atoms with E-state index in [1.54, 1.807) is 0 Å². The van der Waals surface area contributed by atoms with Gasteiger partial charge in [0.1, 0.15) is 17.6 Å². The molecule has 0 aliphatic carbocycles. The molecule has 0 radical (unpaired) electrons. The minimum Gasteiger partial charge on any atom is -0.547 e. The molecule has 0 aliphatic heterocycles. The van der Waals surface area contributed by atoms with Gasteiger partial charge in [-0.2, -0.15) is 0 Å². The molecule has 1 aromatic rings. The van der Waals surface area contributed by atoms with Crippen molar-refractivity contribution in [3.63, 3.8) is 0 Å². The number of carboxylic acid groups (broad SMARTS) is 1. The van der Waals surface area contributed by atoms with E-state index in [-0.39, 0.29) is 24.6 Å². The molecule has 1 heterocycles. The number of ether oxygens (including phenoxy) is 1. The number of hydrogen-bond donors (Lipinski definition) is 0. The Morgan fingerprint density at radius 3 is 2.79 bits per heavy atom. The third-order valence-electron chi connectivity index (χ3n) is 1.49. The van der Waals surface area contributed by atoms with E-state index >= 15 is 0 Å². The summed E-state index contributed by atoms with van der Waals surface area (Å²) < 4.78 is 17.5. The van der Waals surface area contributed by atoms with Gasteiger partial charge in [-0.25, -0.2) is 4.39 Å². The first-order valence-electron chi connectivity index (χ1n) is 3.51. The van der Waals surface area contributed by atoms with Crippen molar-refractivity contribution in [1.29, 1.82) is 0 Å². The number of halogens is 1. The Hall–Kier alpha value is -0.893. The zero-order valence-electron chi connectivity index (χ0n) is 7.86. The number of nitrogens with zero attached hydrogens (tertiary/aromatic N) is 1. The maximum absolute atomic E-state index is 13.0. The van der Waals surface area contributed by atoms with Gasteiger partial charge < -0.3 is 14.6 Å². The van der Waals surface area contributed by atoms with Crippen LogP contribution >= 0.6 is 0 Å². The minimum absolute atomic E-state index is 0. The van der Waals surface area contributed by atoms with Crippen molar-refractivity contribution in [2.75, 3.05) is 7.11 Å². The molecule has 0 fully saturated rings. The van der Waals surface area contributed by atoms with E-state index in [9.17, 15) is 14.3 Å². The Balaban J connectivity index is 0.00000169. The fourth-order valence-corrected chi connectivity index (χ4v) is 0.910. The van der Waals surface area contributed by atoms with Crippen LogP contribution in [-0.4, -0.2) is 18.1 Å². The molecule has 0 bridgehead atoms. The van der Waals surface area contributed by atoms with Crippen LogP contribution < -0.4 is 24.0 Å². The van der Waals surface area contributed by atoms with Gasteiger partial charge in [0.25, 0.3) is 0 Å². The van der Waals surface area contributed by atoms with Gasteiger partial charge in [0, 0.05) is 13.3 Å². The number of aliphatic carboxylic acids is 1. The molecule has 0 amide bonds. The number of pyridine rings is 1. The summed E-state index contributed by atoms with van der Waals surface area (Å²) >= 11 is 0. The number of carboxylic acids is 1. The maximum atomic E-state index is 13.0. The van der Waals surface area contributed by atoms with Crippen molar-refractivity contribution in [3.05, 3.63) is 29.8 Å². The predicted molar refractivity (Wildman–Crippen MR) is 39.0 cm³/mol. The monoisotopic (exact) mass is 191 g/mol. The first-order chi connectivity index (χ1) is 6.16. The summed E-state index contributed by atoms with van der Waals surface area (Å²) in [4.78, 5) is 14.0. The molecule has 6 heteroatoms. The van der Waals surface area contributed by atoms with Gasteiger partial charge in [0.15, 0.2) is 0 Å². The number of carbonyl (C=O) groups excluding carboxylic acids is 1. The maximum Gasteiger partial charge on any atom is 1.00 e. The molecule has 0 saturated carbocycles. The zero-order chi connectivity index (χ0) is 9.84. The molecule has 70 valence electrons. The largest absolute Gasteiger partial charge is 1.00 e. The fraction of sp³-hybridized carbons (Fsp3) is 0.250. The first-order valence-corrected chi connectivity index (χ1v) is 3.51. The van der Waals surface area contributed by atoms with Crippen molar-refractivity contribution in [3.8, 4) is 0 Å². The Labute approximate surface area is 92.3 Å². The van der Waals surface area contributed by atoms with Gasteiger partial charge >= 0.3 is 18.9 Å². The summed E-state index contributed by atoms with van der Waals surface area (Å²) in [6, 6.07) is 2.47. The molecule has 1 atom stereocenters. The SMILES string of the molecule is COC(C(=O)[O-])c1ncccc1F.[Li+]. The van der Waals surface area contributed by atoms with Crippen LogP contribution in [0.5, 0.6) is 0 Å². The second-order valence-electron chi connectivity index (χ2n) is 2.31. The summed E-state index contributed by atoms with van der Waals surface area (Å²) in [6.45, 7) is 0. The molecule has 14 heavy (non-hydrogen) atoms. The van der Waals surface area contributed by atoms with E-state index in [1.165, 1.54) is 12.3 Å². The smallest absolute Gasteiger partial charge is 0.547 e. The minimum atomic E-state index is -1.51. The summed E-state index contributed by atoms with van der Waals surface area (Å²) in [5.41, 5.74) is -0.273. The molecule has 1 unspecified atom stereocenters. The van der Waals surface area contributed by atoms with Crippen LogP contribution in [0.4, 0.5) is 4.39 Å². The third-order valence-corrected chi connectivity index (χ3v) is 1.49. The van der Waals surface area contributed by atoms with Crippen LogP contribution in [-0.2, 0) is 9.53 Å². The van der Waals surface area contributed by atoms with Crippen molar-refractivity contribution in [1.82, 2.24) is 4.98 Å². The van der Waals surface area contributed by atoms with Crippen molar-refractivity contribution < 1.29 is 37.9 Å². The van der Waals surface area contributed by atoms with Crippen LogP contribution in [0.25, 0.3) is 0 Å². The van der Waals surface area contributed by atoms with Crippen molar-refractivity contribution in [2.45, 2.75) is 6.10 Å². The van der Waals surface area contributed by atoms with E-state index < -0.39 is 17.9 Å². The number of hydrogen-bond acceptors (Lipinski definition) is 4. The molecule has 0 aliphatic rings. The number of methoxy groups -OCH3 is 1. The Morgan fingerprint density at radius 1 is 1.71 bits per heavy atom. The second-order valence-corrected chi connectivity index (χ2v) is 2.31. The molecule has 0 saturated heterocycles. The standard InChI is InChI=1S/C8H8FNO3.Li/c1-13-7(8(11)12)6-5(9)3-2-4-10-6;/h2-4,7H,1H3,(H,11,12);/q;+1/p-1. The molecular weight excluding hydrogens is 184 g/mol. The van der Waals surface area contributed by atoms with E-state index in [0.29, 0.717) is 0 Å². The quantitative estimate of drug-likeness (QED) is 0.468. The van der Waals surface area contributed by atoms with Crippen LogP contribution in [0, 0.1) is 5.82 Å². The van der Waals surface area contributed by atoms with Gasteiger partial charge in [0.05, 0.1) is 5.97 Å². The number of aromatic nitrogens is 1.